The minimum Gasteiger partial charge on any atom is -0.319 e. The zero-order chi connectivity index (χ0) is 8.32. The highest BCUT2D eigenvalue weighted by atomic mass is 14.7. The normalized spacial score (nSPS) is 29.0. The van der Waals surface area contributed by atoms with Gasteiger partial charge in [-0.05, 0) is 19.1 Å². The summed E-state index contributed by atoms with van der Waals surface area (Å²) in [5, 5.41) is 8.54. The smallest absolute Gasteiger partial charge is 0.0991 e. The van der Waals surface area contributed by atoms with Gasteiger partial charge in [0.25, 0.3) is 0 Å². The van der Waals surface area contributed by atoms with Crippen LogP contribution in [0.1, 0.15) is 6.92 Å². The minimum atomic E-state index is -0.422. The van der Waals surface area contributed by atoms with Crippen molar-refractivity contribution < 1.29 is 0 Å². The monoisotopic (exact) mass is 146 g/mol. The summed E-state index contributed by atoms with van der Waals surface area (Å²) in [7, 11) is 0. The molecule has 2 nitrogen and oxygen atoms in total. The van der Waals surface area contributed by atoms with Crippen LogP contribution in [0.2, 0.25) is 0 Å². The zero-order valence-electron chi connectivity index (χ0n) is 6.41. The first-order valence-corrected chi connectivity index (χ1v) is 3.42. The van der Waals surface area contributed by atoms with Gasteiger partial charge >= 0.3 is 0 Å². The Morgan fingerprint density at radius 3 is 2.91 bits per heavy atom. The van der Waals surface area contributed by atoms with E-state index >= 15 is 0 Å². The van der Waals surface area contributed by atoms with E-state index in [0.717, 1.165) is 0 Å². The van der Waals surface area contributed by atoms with Crippen LogP contribution < -0.4 is 5.73 Å². The molecule has 0 heterocycles. The molecule has 1 aliphatic rings. The minimum absolute atomic E-state index is 0.422. The van der Waals surface area contributed by atoms with E-state index in [2.05, 4.69) is 0 Å². The first-order chi connectivity index (χ1) is 5.14. The molecule has 2 heteroatoms. The van der Waals surface area contributed by atoms with E-state index < -0.39 is 5.54 Å². The van der Waals surface area contributed by atoms with E-state index in [1.165, 1.54) is 0 Å². The number of nitriles is 1. The Kier molecular flexibility index (Phi) is 1.93. The van der Waals surface area contributed by atoms with Crippen LogP contribution >= 0.6 is 0 Å². The second-order valence-electron chi connectivity index (χ2n) is 2.79. The Morgan fingerprint density at radius 1 is 1.55 bits per heavy atom. The summed E-state index contributed by atoms with van der Waals surface area (Å²) in [5.41, 5.74) is 5.99. The number of hydrogen-bond donors (Lipinski definition) is 1. The quantitative estimate of drug-likeness (QED) is 0.559. The molecule has 0 aliphatic heterocycles. The van der Waals surface area contributed by atoms with Gasteiger partial charge in [0.05, 0.1) is 17.2 Å². The van der Waals surface area contributed by atoms with Crippen molar-refractivity contribution in [3.05, 3.63) is 36.0 Å². The van der Waals surface area contributed by atoms with Crippen LogP contribution in [0.3, 0.4) is 0 Å². The number of rotatable bonds is 0. The number of allylic oxidation sites excluding steroid dienone is 4. The van der Waals surface area contributed by atoms with Crippen LogP contribution in [0, 0.1) is 11.3 Å². The van der Waals surface area contributed by atoms with Gasteiger partial charge in [-0.15, -0.1) is 0 Å². The zero-order valence-corrected chi connectivity index (χ0v) is 6.41. The molecule has 0 bridgehead atoms. The second-order valence-corrected chi connectivity index (χ2v) is 2.79. The third-order valence-electron chi connectivity index (χ3n) is 1.48. The van der Waals surface area contributed by atoms with Crippen LogP contribution in [0.5, 0.6) is 0 Å². The summed E-state index contributed by atoms with van der Waals surface area (Å²) in [6.45, 7) is 1.88. The lowest BCUT2D eigenvalue weighted by Crippen LogP contribution is -2.30. The molecule has 0 aromatic carbocycles. The fourth-order valence-corrected chi connectivity index (χ4v) is 0.814. The molecule has 0 aromatic rings. The van der Waals surface area contributed by atoms with Gasteiger partial charge in [0, 0.05) is 0 Å². The van der Waals surface area contributed by atoms with Crippen LogP contribution in [0.15, 0.2) is 36.0 Å². The van der Waals surface area contributed by atoms with E-state index in [4.69, 9.17) is 11.0 Å². The molecule has 1 rings (SSSR count). The van der Waals surface area contributed by atoms with Gasteiger partial charge < -0.3 is 5.73 Å². The van der Waals surface area contributed by atoms with Crippen molar-refractivity contribution in [1.82, 2.24) is 0 Å². The summed E-state index contributed by atoms with van der Waals surface area (Å²) in [5.74, 6) is 0. The second kappa shape index (κ2) is 2.73. The van der Waals surface area contributed by atoms with E-state index in [1.54, 1.807) is 18.2 Å². The van der Waals surface area contributed by atoms with Crippen molar-refractivity contribution in [2.75, 3.05) is 0 Å². The van der Waals surface area contributed by atoms with Crippen molar-refractivity contribution in [1.29, 1.82) is 5.26 Å². The Balaban J connectivity index is 2.94. The first-order valence-electron chi connectivity index (χ1n) is 3.42. The molecule has 0 saturated heterocycles. The lowest BCUT2D eigenvalue weighted by atomic mass is 10.0. The largest absolute Gasteiger partial charge is 0.319 e. The van der Waals surface area contributed by atoms with Crippen LogP contribution in [0.25, 0.3) is 0 Å². The SMILES string of the molecule is CC1(N)C=CC=C(C#N)C=C1. The van der Waals surface area contributed by atoms with E-state index in [1.807, 2.05) is 25.1 Å². The molecule has 0 radical (unpaired) electrons. The average molecular weight is 146 g/mol. The maximum Gasteiger partial charge on any atom is 0.0991 e. The van der Waals surface area contributed by atoms with Crippen molar-refractivity contribution >= 4 is 0 Å². The van der Waals surface area contributed by atoms with E-state index in [0.29, 0.717) is 5.57 Å². The van der Waals surface area contributed by atoms with Crippen molar-refractivity contribution in [3.8, 4) is 6.07 Å². The van der Waals surface area contributed by atoms with Gasteiger partial charge in [-0.2, -0.15) is 5.26 Å². The lowest BCUT2D eigenvalue weighted by molar-refractivity contribution is 0.736. The van der Waals surface area contributed by atoms with E-state index in [9.17, 15) is 0 Å². The maximum absolute atomic E-state index is 8.54. The summed E-state index contributed by atoms with van der Waals surface area (Å²) >= 11 is 0. The number of hydrogen-bond acceptors (Lipinski definition) is 2. The molecule has 0 spiro atoms. The standard InChI is InChI=1S/C9H10N2/c1-9(11)5-2-3-8(7-10)4-6-9/h2-6H,11H2,1H3. The Morgan fingerprint density at radius 2 is 2.27 bits per heavy atom. The fraction of sp³-hybridized carbons (Fsp3) is 0.222. The predicted octanol–water partition coefficient (Wildman–Crippen LogP) is 1.28. The van der Waals surface area contributed by atoms with Crippen molar-refractivity contribution in [3.63, 3.8) is 0 Å². The third kappa shape index (κ3) is 2.06. The molecule has 1 atom stereocenters. The van der Waals surface area contributed by atoms with Gasteiger partial charge in [-0.3, -0.25) is 0 Å². The Hall–Kier alpha value is -1.33. The van der Waals surface area contributed by atoms with Crippen LogP contribution in [-0.2, 0) is 0 Å². The molecular weight excluding hydrogens is 136 g/mol. The summed E-state index contributed by atoms with van der Waals surface area (Å²) in [4.78, 5) is 0. The van der Waals surface area contributed by atoms with Gasteiger partial charge in [-0.25, -0.2) is 0 Å². The topological polar surface area (TPSA) is 49.8 Å². The van der Waals surface area contributed by atoms with Crippen LogP contribution in [0.4, 0.5) is 0 Å². The molecule has 0 fully saturated rings. The van der Waals surface area contributed by atoms with Gasteiger partial charge in [-0.1, -0.05) is 18.2 Å². The molecule has 0 aromatic heterocycles. The number of nitrogens with zero attached hydrogens (tertiary/aromatic N) is 1. The van der Waals surface area contributed by atoms with Crippen molar-refractivity contribution in [2.24, 2.45) is 5.73 Å². The highest BCUT2D eigenvalue weighted by Crippen LogP contribution is 2.10. The molecule has 0 saturated carbocycles. The van der Waals surface area contributed by atoms with Gasteiger partial charge in [0.2, 0.25) is 0 Å². The van der Waals surface area contributed by atoms with Crippen molar-refractivity contribution in [2.45, 2.75) is 12.5 Å². The Labute approximate surface area is 66.3 Å². The maximum atomic E-state index is 8.54. The molecule has 11 heavy (non-hydrogen) atoms. The summed E-state index contributed by atoms with van der Waals surface area (Å²) in [6.07, 6.45) is 8.95. The highest BCUT2D eigenvalue weighted by Gasteiger charge is 2.09. The predicted molar refractivity (Wildman–Crippen MR) is 44.6 cm³/mol. The number of nitrogens with two attached hydrogens (primary N) is 1. The molecule has 1 unspecified atom stereocenters. The lowest BCUT2D eigenvalue weighted by Gasteiger charge is -2.12. The first kappa shape index (κ1) is 7.77. The molecule has 1 aliphatic carbocycles. The highest BCUT2D eigenvalue weighted by molar-refractivity contribution is 5.41. The van der Waals surface area contributed by atoms with Crippen LogP contribution in [-0.4, -0.2) is 5.54 Å². The van der Waals surface area contributed by atoms with E-state index in [-0.39, 0.29) is 0 Å². The van der Waals surface area contributed by atoms with Gasteiger partial charge in [0.1, 0.15) is 0 Å². The molecule has 2 N–H and O–H groups in total. The Bertz CT molecular complexity index is 274. The average Bonchev–Trinajstić information content (AvgIpc) is 2.10. The summed E-state index contributed by atoms with van der Waals surface area (Å²) < 4.78 is 0. The summed E-state index contributed by atoms with van der Waals surface area (Å²) in [6, 6.07) is 2.05. The fourth-order valence-electron chi connectivity index (χ4n) is 0.814. The molecular formula is C9H10N2. The van der Waals surface area contributed by atoms with Gasteiger partial charge in [0.15, 0.2) is 0 Å². The molecule has 56 valence electrons. The molecule has 0 amide bonds. The third-order valence-corrected chi connectivity index (χ3v) is 1.48.